The molecule has 0 aromatic rings. The van der Waals surface area contributed by atoms with E-state index in [1.165, 1.54) is 0 Å². The highest BCUT2D eigenvalue weighted by molar-refractivity contribution is 7.94. The molecule has 5 nitrogen and oxygen atoms in total. The molecular formula is C6H8Cl5NO4S. The van der Waals surface area contributed by atoms with E-state index in [2.05, 4.69) is 0 Å². The second-order valence-corrected chi connectivity index (χ2v) is 9.08. The van der Waals surface area contributed by atoms with E-state index in [0.717, 1.165) is 0 Å². The van der Waals surface area contributed by atoms with Crippen molar-refractivity contribution in [1.29, 1.82) is 0 Å². The van der Waals surface area contributed by atoms with Gasteiger partial charge in [0.1, 0.15) is 0 Å². The van der Waals surface area contributed by atoms with Crippen molar-refractivity contribution in [2.45, 2.75) is 20.6 Å². The summed E-state index contributed by atoms with van der Waals surface area (Å²) in [5.41, 5.74) is 0. The summed E-state index contributed by atoms with van der Waals surface area (Å²) in [6.07, 6.45) is -2.21. The fraction of sp³-hybridized carbons (Fsp3) is 0.833. The summed E-state index contributed by atoms with van der Waals surface area (Å²) in [6, 6.07) is 0. The Bertz CT molecular complexity index is 365. The molecule has 102 valence electrons. The lowest BCUT2D eigenvalue weighted by Gasteiger charge is -2.19. The number of alkyl halides is 5. The van der Waals surface area contributed by atoms with Gasteiger partial charge in [0.15, 0.2) is 16.1 Å². The van der Waals surface area contributed by atoms with Gasteiger partial charge in [0, 0.05) is 6.42 Å². The molecule has 0 fully saturated rings. The summed E-state index contributed by atoms with van der Waals surface area (Å²) < 4.78 is 18.5. The van der Waals surface area contributed by atoms with Gasteiger partial charge in [0.25, 0.3) is 0 Å². The quantitative estimate of drug-likeness (QED) is 0.568. The van der Waals surface area contributed by atoms with Crippen molar-refractivity contribution in [3.63, 3.8) is 0 Å². The molecule has 0 rings (SSSR count). The number of carbonyl (C=O) groups is 1. The van der Waals surface area contributed by atoms with Crippen LogP contribution >= 0.6 is 58.0 Å². The first-order valence-electron chi connectivity index (χ1n) is 4.00. The fourth-order valence-corrected chi connectivity index (χ4v) is 1.98. The molecule has 0 aliphatic rings. The third-order valence-corrected chi connectivity index (χ3v) is 5.06. The van der Waals surface area contributed by atoms with Gasteiger partial charge in [-0.2, -0.15) is 0 Å². The van der Waals surface area contributed by atoms with Crippen LogP contribution < -0.4 is 5.32 Å². The molecule has 0 aromatic carbocycles. The lowest BCUT2D eigenvalue weighted by molar-refractivity contribution is -0.123. The molecule has 0 radical (unpaired) electrons. The Morgan fingerprint density at radius 2 is 1.76 bits per heavy atom. The molecule has 2 N–H and O–H groups in total. The highest BCUT2D eigenvalue weighted by Crippen LogP contribution is 2.28. The number of sulfone groups is 1. The Kier molecular flexibility index (Phi) is 7.17. The topological polar surface area (TPSA) is 83.5 Å². The minimum atomic E-state index is -3.78. The van der Waals surface area contributed by atoms with Gasteiger partial charge in [-0.1, -0.05) is 58.0 Å². The van der Waals surface area contributed by atoms with E-state index in [-0.39, 0.29) is 0 Å². The summed E-state index contributed by atoms with van der Waals surface area (Å²) in [5, 5.41) is 11.1. The number of rotatable bonds is 5. The van der Waals surface area contributed by atoms with Gasteiger partial charge in [-0.25, -0.2) is 8.42 Å². The Balaban J connectivity index is 4.23. The van der Waals surface area contributed by atoms with E-state index in [9.17, 15) is 13.2 Å². The van der Waals surface area contributed by atoms with E-state index in [1.807, 2.05) is 5.32 Å². The van der Waals surface area contributed by atoms with E-state index in [4.69, 9.17) is 63.1 Å². The zero-order chi connectivity index (χ0) is 13.9. The predicted molar refractivity (Wildman–Crippen MR) is 68.3 cm³/mol. The van der Waals surface area contributed by atoms with Crippen molar-refractivity contribution in [3.05, 3.63) is 0 Å². The van der Waals surface area contributed by atoms with E-state index < -0.39 is 42.1 Å². The third kappa shape index (κ3) is 7.10. The van der Waals surface area contributed by atoms with Crippen LogP contribution in [0.2, 0.25) is 0 Å². The maximum Gasteiger partial charge on any atom is 0.234 e. The van der Waals surface area contributed by atoms with Crippen molar-refractivity contribution in [3.8, 4) is 0 Å². The summed E-state index contributed by atoms with van der Waals surface area (Å²) in [7, 11) is -3.78. The minimum absolute atomic E-state index is 0.462. The molecule has 0 heterocycles. The lowest BCUT2D eigenvalue weighted by Crippen LogP contribution is -2.44. The van der Waals surface area contributed by atoms with Crippen LogP contribution in [0.5, 0.6) is 0 Å². The van der Waals surface area contributed by atoms with Crippen LogP contribution in [0.25, 0.3) is 0 Å². The van der Waals surface area contributed by atoms with Crippen LogP contribution in [-0.2, 0) is 14.6 Å². The van der Waals surface area contributed by atoms with Crippen LogP contribution in [0.4, 0.5) is 0 Å². The van der Waals surface area contributed by atoms with Gasteiger partial charge in [-0.05, 0) is 0 Å². The Hall–Kier alpha value is 0.830. The van der Waals surface area contributed by atoms with Gasteiger partial charge < -0.3 is 10.4 Å². The first kappa shape index (κ1) is 17.8. The smallest absolute Gasteiger partial charge is 0.234 e. The minimum Gasteiger partial charge on any atom is -0.369 e. The van der Waals surface area contributed by atoms with E-state index in [1.54, 1.807) is 0 Å². The molecular weight excluding hydrogens is 359 g/mol. The SMILES string of the molecule is O=C(CCS(=O)(=O)C(Cl)Cl)N[C@@H](O)C(Cl)(Cl)Cl. The van der Waals surface area contributed by atoms with Crippen LogP contribution in [-0.4, -0.2) is 39.4 Å². The van der Waals surface area contributed by atoms with Crippen molar-refractivity contribution < 1.29 is 18.3 Å². The zero-order valence-electron chi connectivity index (χ0n) is 8.04. The standard InChI is InChI=1S/C6H8Cl5NO4S/c7-5(8)17(15,16)2-1-3(13)12-4(14)6(9,10)11/h4-5,14H,1-2H2,(H,12,13)/t4-/m0/s1. The average molecular weight is 367 g/mol. The number of amides is 1. The van der Waals surface area contributed by atoms with Gasteiger partial charge in [-0.15, -0.1) is 0 Å². The number of hydrogen-bond donors (Lipinski definition) is 2. The first-order valence-corrected chi connectivity index (χ1v) is 7.73. The molecule has 0 spiro atoms. The second kappa shape index (κ2) is 6.84. The Morgan fingerprint density at radius 3 is 2.12 bits per heavy atom. The maximum atomic E-state index is 11.2. The highest BCUT2D eigenvalue weighted by atomic mass is 35.6. The van der Waals surface area contributed by atoms with Crippen molar-refractivity contribution in [2.75, 3.05) is 5.75 Å². The van der Waals surface area contributed by atoms with Crippen LogP contribution in [0.15, 0.2) is 0 Å². The number of nitrogens with one attached hydrogen (secondary N) is 1. The Morgan fingerprint density at radius 1 is 1.29 bits per heavy atom. The summed E-state index contributed by atoms with van der Waals surface area (Å²) in [5.74, 6) is -1.40. The number of aliphatic hydroxyl groups is 1. The number of carbonyl (C=O) groups excluding carboxylic acids is 1. The average Bonchev–Trinajstić information content (AvgIpc) is 2.13. The highest BCUT2D eigenvalue weighted by Gasteiger charge is 2.32. The van der Waals surface area contributed by atoms with Crippen LogP contribution in [0.1, 0.15) is 6.42 Å². The molecule has 0 aliphatic heterocycles. The molecule has 0 saturated carbocycles. The number of aliphatic hydroxyl groups excluding tert-OH is 1. The molecule has 17 heavy (non-hydrogen) atoms. The molecule has 1 atom stereocenters. The van der Waals surface area contributed by atoms with Crippen LogP contribution in [0, 0.1) is 0 Å². The molecule has 11 heteroatoms. The van der Waals surface area contributed by atoms with Gasteiger partial charge in [-0.3, -0.25) is 4.79 Å². The number of halogens is 5. The summed E-state index contributed by atoms with van der Waals surface area (Å²) in [6.45, 7) is 0. The summed E-state index contributed by atoms with van der Waals surface area (Å²) >= 11 is 26.2. The molecule has 0 bridgehead atoms. The molecule has 0 saturated heterocycles. The fourth-order valence-electron chi connectivity index (χ4n) is 0.631. The van der Waals surface area contributed by atoms with Gasteiger partial charge in [0.05, 0.1) is 5.75 Å². The van der Waals surface area contributed by atoms with Crippen molar-refractivity contribution in [1.82, 2.24) is 5.32 Å². The predicted octanol–water partition coefficient (Wildman–Crippen LogP) is 1.36. The maximum absolute atomic E-state index is 11.2. The molecule has 0 unspecified atom stereocenters. The van der Waals surface area contributed by atoms with E-state index >= 15 is 0 Å². The largest absolute Gasteiger partial charge is 0.369 e. The van der Waals surface area contributed by atoms with Crippen molar-refractivity contribution in [2.24, 2.45) is 0 Å². The zero-order valence-corrected chi connectivity index (χ0v) is 12.6. The monoisotopic (exact) mass is 365 g/mol. The van der Waals surface area contributed by atoms with Gasteiger partial charge >= 0.3 is 0 Å². The van der Waals surface area contributed by atoms with Crippen LogP contribution in [0.3, 0.4) is 0 Å². The molecule has 0 aliphatic carbocycles. The lowest BCUT2D eigenvalue weighted by atomic mass is 10.4. The summed E-state index contributed by atoms with van der Waals surface area (Å²) in [4.78, 5) is 11.2. The van der Waals surface area contributed by atoms with E-state index in [0.29, 0.717) is 0 Å². The first-order chi connectivity index (χ1) is 7.47. The van der Waals surface area contributed by atoms with Gasteiger partial charge in [0.2, 0.25) is 13.9 Å². The Labute approximate surface area is 123 Å². The third-order valence-electron chi connectivity index (χ3n) is 1.49. The molecule has 1 amide bonds. The molecule has 0 aromatic heterocycles. The number of hydrogen-bond acceptors (Lipinski definition) is 4. The normalized spacial score (nSPS) is 14.8. The van der Waals surface area contributed by atoms with Crippen molar-refractivity contribution >= 4 is 73.7 Å². The second-order valence-electron chi connectivity index (χ2n) is 2.89.